The van der Waals surface area contributed by atoms with Crippen LogP contribution < -0.4 is 0 Å². The maximum Gasteiger partial charge on any atom is 0.340 e. The van der Waals surface area contributed by atoms with Gasteiger partial charge in [-0.15, -0.1) is 11.3 Å². The van der Waals surface area contributed by atoms with E-state index in [0.29, 0.717) is 14.9 Å². The average molecular weight is 307 g/mol. The molecule has 0 aliphatic heterocycles. The van der Waals surface area contributed by atoms with Crippen molar-refractivity contribution >= 4 is 39.2 Å². The van der Waals surface area contributed by atoms with Crippen molar-refractivity contribution in [3.8, 4) is 0 Å². The quantitative estimate of drug-likeness (QED) is 0.804. The fraction of sp³-hybridized carbons (Fsp3) is 0.400. The molecule has 0 aliphatic rings. The van der Waals surface area contributed by atoms with E-state index in [-0.39, 0.29) is 12.4 Å². The maximum absolute atomic E-state index is 11.5. The summed E-state index contributed by atoms with van der Waals surface area (Å²) in [7, 11) is 2.62. The minimum atomic E-state index is -0.449. The van der Waals surface area contributed by atoms with Gasteiger partial charge in [-0.2, -0.15) is 0 Å². The highest BCUT2D eigenvalue weighted by molar-refractivity contribution is 9.10. The van der Waals surface area contributed by atoms with Gasteiger partial charge >= 0.3 is 11.9 Å². The van der Waals surface area contributed by atoms with Crippen LogP contribution in [-0.4, -0.2) is 26.2 Å². The molecule has 0 fully saturated rings. The molecule has 1 rings (SSSR count). The van der Waals surface area contributed by atoms with Crippen LogP contribution in [0.2, 0.25) is 0 Å². The van der Waals surface area contributed by atoms with Gasteiger partial charge in [0.1, 0.15) is 0 Å². The predicted octanol–water partition coefficient (Wildman–Crippen LogP) is 2.32. The third kappa shape index (κ3) is 2.62. The van der Waals surface area contributed by atoms with Crippen LogP contribution in [0.1, 0.15) is 20.1 Å². The molecule has 0 unspecified atom stereocenters. The van der Waals surface area contributed by atoms with Crippen LogP contribution in [-0.2, 0) is 20.7 Å². The average Bonchev–Trinajstić information content (AvgIpc) is 2.53. The minimum Gasteiger partial charge on any atom is -0.469 e. The molecule has 0 saturated heterocycles. The molecule has 0 aliphatic carbocycles. The molecule has 0 saturated carbocycles. The minimum absolute atomic E-state index is 0.0814. The van der Waals surface area contributed by atoms with Crippen molar-refractivity contribution in [2.24, 2.45) is 0 Å². The molecule has 0 radical (unpaired) electrons. The monoisotopic (exact) mass is 306 g/mol. The van der Waals surface area contributed by atoms with Crippen LogP contribution in [0.4, 0.5) is 0 Å². The molecule has 0 atom stereocenters. The molecule has 0 bridgehead atoms. The first-order chi connectivity index (χ1) is 7.51. The highest BCUT2D eigenvalue weighted by Crippen LogP contribution is 2.33. The molecule has 1 aromatic heterocycles. The van der Waals surface area contributed by atoms with Crippen LogP contribution in [0, 0.1) is 6.92 Å². The van der Waals surface area contributed by atoms with Crippen LogP contribution in [0.5, 0.6) is 0 Å². The lowest BCUT2D eigenvalue weighted by Crippen LogP contribution is -2.09. The Morgan fingerprint density at radius 3 is 2.44 bits per heavy atom. The summed E-state index contributed by atoms with van der Waals surface area (Å²) in [5.74, 6) is -0.825. The molecular weight excluding hydrogens is 296 g/mol. The normalized spacial score (nSPS) is 10.0. The second kappa shape index (κ2) is 5.45. The summed E-state index contributed by atoms with van der Waals surface area (Å²) < 4.78 is 9.93. The highest BCUT2D eigenvalue weighted by Gasteiger charge is 2.22. The Morgan fingerprint density at radius 2 is 1.94 bits per heavy atom. The SMILES string of the molecule is COC(=O)Cc1sc(C)c(Br)c1C(=O)OC. The molecule has 6 heteroatoms. The van der Waals surface area contributed by atoms with Crippen LogP contribution in [0.15, 0.2) is 4.47 Å². The van der Waals surface area contributed by atoms with E-state index in [9.17, 15) is 9.59 Å². The summed E-state index contributed by atoms with van der Waals surface area (Å²) in [6, 6.07) is 0. The van der Waals surface area contributed by atoms with Crippen LogP contribution in [0.3, 0.4) is 0 Å². The van der Waals surface area contributed by atoms with Gasteiger partial charge in [-0.1, -0.05) is 0 Å². The van der Waals surface area contributed by atoms with Crippen molar-refractivity contribution < 1.29 is 19.1 Å². The standard InChI is InChI=1S/C10H11BrO4S/c1-5-9(11)8(10(13)15-3)6(16-5)4-7(12)14-2/h4H2,1-3H3. The molecule has 4 nitrogen and oxygen atoms in total. The second-order valence-electron chi connectivity index (χ2n) is 3.01. The molecule has 0 amide bonds. The zero-order chi connectivity index (χ0) is 12.3. The zero-order valence-corrected chi connectivity index (χ0v) is 11.5. The third-order valence-electron chi connectivity index (χ3n) is 2.01. The third-order valence-corrected chi connectivity index (χ3v) is 4.36. The van der Waals surface area contributed by atoms with Crippen molar-refractivity contribution in [3.63, 3.8) is 0 Å². The zero-order valence-electron chi connectivity index (χ0n) is 9.13. The predicted molar refractivity (Wildman–Crippen MR) is 63.8 cm³/mol. The van der Waals surface area contributed by atoms with E-state index in [0.717, 1.165) is 4.88 Å². The lowest BCUT2D eigenvalue weighted by molar-refractivity contribution is -0.139. The summed E-state index contributed by atoms with van der Waals surface area (Å²) in [6.07, 6.45) is 0.0814. The number of carbonyl (C=O) groups excluding carboxylic acids is 2. The number of esters is 2. The van der Waals surface area contributed by atoms with Crippen molar-refractivity contribution in [1.82, 2.24) is 0 Å². The number of aryl methyl sites for hydroxylation is 1. The fourth-order valence-electron chi connectivity index (χ4n) is 1.21. The molecule has 0 spiro atoms. The Balaban J connectivity index is 3.13. The van der Waals surface area contributed by atoms with Gasteiger partial charge in [-0.05, 0) is 22.9 Å². The first kappa shape index (κ1) is 13.2. The lowest BCUT2D eigenvalue weighted by Gasteiger charge is -2.01. The first-order valence-corrected chi connectivity index (χ1v) is 6.05. The summed E-state index contributed by atoms with van der Waals surface area (Å²) in [4.78, 5) is 24.3. The largest absolute Gasteiger partial charge is 0.469 e. The maximum atomic E-state index is 11.5. The fourth-order valence-corrected chi connectivity index (χ4v) is 3.03. The van der Waals surface area contributed by atoms with Gasteiger partial charge in [-0.25, -0.2) is 4.79 Å². The van der Waals surface area contributed by atoms with Gasteiger partial charge in [0, 0.05) is 14.2 Å². The number of carbonyl (C=O) groups is 2. The summed E-state index contributed by atoms with van der Waals surface area (Å²) >= 11 is 4.69. The summed E-state index contributed by atoms with van der Waals surface area (Å²) in [5, 5.41) is 0. The number of ether oxygens (including phenoxy) is 2. The van der Waals surface area contributed by atoms with Gasteiger partial charge in [0.05, 0.1) is 26.2 Å². The molecule has 16 heavy (non-hydrogen) atoms. The van der Waals surface area contributed by atoms with E-state index in [1.54, 1.807) is 0 Å². The van der Waals surface area contributed by atoms with Crippen molar-refractivity contribution in [2.75, 3.05) is 14.2 Å². The van der Waals surface area contributed by atoms with Crippen LogP contribution in [0.25, 0.3) is 0 Å². The van der Waals surface area contributed by atoms with E-state index >= 15 is 0 Å². The van der Waals surface area contributed by atoms with Gasteiger partial charge in [-0.3, -0.25) is 4.79 Å². The molecular formula is C10H11BrO4S. The Hall–Kier alpha value is -0.880. The number of hydrogen-bond donors (Lipinski definition) is 0. The molecule has 0 aromatic carbocycles. The number of rotatable bonds is 3. The Bertz CT molecular complexity index is 425. The lowest BCUT2D eigenvalue weighted by atomic mass is 10.2. The Kier molecular flexibility index (Phi) is 4.49. The van der Waals surface area contributed by atoms with Gasteiger partial charge in [0.25, 0.3) is 0 Å². The molecule has 0 N–H and O–H groups in total. The molecule has 1 aromatic rings. The summed E-state index contributed by atoms with van der Waals surface area (Å²) in [5.41, 5.74) is 0.412. The first-order valence-electron chi connectivity index (χ1n) is 4.44. The highest BCUT2D eigenvalue weighted by atomic mass is 79.9. The van der Waals surface area contributed by atoms with E-state index < -0.39 is 5.97 Å². The van der Waals surface area contributed by atoms with Gasteiger partial charge < -0.3 is 9.47 Å². The van der Waals surface area contributed by atoms with Crippen molar-refractivity contribution in [2.45, 2.75) is 13.3 Å². The van der Waals surface area contributed by atoms with Gasteiger partial charge in [0.2, 0.25) is 0 Å². The van der Waals surface area contributed by atoms with Crippen molar-refractivity contribution in [1.29, 1.82) is 0 Å². The number of thiophene rings is 1. The van der Waals surface area contributed by atoms with E-state index in [1.807, 2.05) is 6.92 Å². The molecule has 88 valence electrons. The number of hydrogen-bond acceptors (Lipinski definition) is 5. The van der Waals surface area contributed by atoms with Gasteiger partial charge in [0.15, 0.2) is 0 Å². The Labute approximate surface area is 106 Å². The topological polar surface area (TPSA) is 52.6 Å². The molecule has 1 heterocycles. The Morgan fingerprint density at radius 1 is 1.31 bits per heavy atom. The second-order valence-corrected chi connectivity index (χ2v) is 5.12. The van der Waals surface area contributed by atoms with Crippen molar-refractivity contribution in [3.05, 3.63) is 19.8 Å². The van der Waals surface area contributed by atoms with E-state index in [2.05, 4.69) is 25.4 Å². The van der Waals surface area contributed by atoms with Crippen LogP contribution >= 0.6 is 27.3 Å². The number of halogens is 1. The smallest absolute Gasteiger partial charge is 0.340 e. The number of methoxy groups -OCH3 is 2. The van der Waals surface area contributed by atoms with E-state index in [4.69, 9.17) is 0 Å². The van der Waals surface area contributed by atoms with E-state index in [1.165, 1.54) is 25.6 Å². The summed E-state index contributed by atoms with van der Waals surface area (Å²) in [6.45, 7) is 1.86.